The molecular formula is C23H34O6. The van der Waals surface area contributed by atoms with E-state index in [0.717, 1.165) is 12.0 Å². The lowest BCUT2D eigenvalue weighted by molar-refractivity contribution is -0.255. The van der Waals surface area contributed by atoms with Gasteiger partial charge in [0.25, 0.3) is 0 Å². The van der Waals surface area contributed by atoms with Gasteiger partial charge >= 0.3 is 11.9 Å². The van der Waals surface area contributed by atoms with Crippen molar-refractivity contribution in [2.24, 2.45) is 17.8 Å². The molecule has 0 radical (unpaired) electrons. The van der Waals surface area contributed by atoms with Crippen LogP contribution in [0.3, 0.4) is 0 Å². The minimum atomic E-state index is -0.327. The second-order valence-electron chi connectivity index (χ2n) is 7.90. The molecule has 2 rings (SSSR count). The quantitative estimate of drug-likeness (QED) is 0.430. The van der Waals surface area contributed by atoms with E-state index in [1.807, 2.05) is 30.3 Å². The third-order valence-corrected chi connectivity index (χ3v) is 5.73. The minimum absolute atomic E-state index is 0.164. The fourth-order valence-corrected chi connectivity index (χ4v) is 3.45. The molecule has 29 heavy (non-hydrogen) atoms. The summed E-state index contributed by atoms with van der Waals surface area (Å²) >= 11 is 0. The number of hydrogen-bond donors (Lipinski definition) is 0. The number of esters is 2. The first-order valence-corrected chi connectivity index (χ1v) is 10.5. The molecule has 5 atom stereocenters. The van der Waals surface area contributed by atoms with Gasteiger partial charge in [0.15, 0.2) is 6.29 Å². The van der Waals surface area contributed by atoms with Crippen molar-refractivity contribution in [2.75, 3.05) is 13.2 Å². The van der Waals surface area contributed by atoms with Crippen molar-refractivity contribution in [1.29, 1.82) is 0 Å². The monoisotopic (exact) mass is 406 g/mol. The van der Waals surface area contributed by atoms with E-state index in [2.05, 4.69) is 20.8 Å². The van der Waals surface area contributed by atoms with Crippen molar-refractivity contribution in [3.63, 3.8) is 0 Å². The normalized spacial score (nSPS) is 26.7. The van der Waals surface area contributed by atoms with Gasteiger partial charge < -0.3 is 18.9 Å². The second kappa shape index (κ2) is 11.9. The highest BCUT2D eigenvalue weighted by atomic mass is 16.7. The van der Waals surface area contributed by atoms with Gasteiger partial charge in [0.2, 0.25) is 0 Å². The molecule has 1 aliphatic rings. The molecule has 0 saturated carbocycles. The maximum absolute atomic E-state index is 11.9. The zero-order chi connectivity index (χ0) is 21.2. The standard InChI is InChI=1S/C23H34O6/c1-16-17(2)21(15-27-19(4)24)29-23(18(16)3)26-13-9-8-12-22(25)28-14-20-10-6-5-7-11-20/h5-7,10-11,16-18,21,23H,8-9,12-15H2,1-4H3/t16?,17-,18+,21?,23-/m1/s1. The molecule has 0 aliphatic carbocycles. The van der Waals surface area contributed by atoms with Crippen LogP contribution in [-0.2, 0) is 35.1 Å². The van der Waals surface area contributed by atoms with E-state index in [-0.39, 0.29) is 42.8 Å². The Bertz CT molecular complexity index is 632. The van der Waals surface area contributed by atoms with Crippen LogP contribution in [-0.4, -0.2) is 37.5 Å². The second-order valence-corrected chi connectivity index (χ2v) is 7.90. The van der Waals surface area contributed by atoms with Crippen LogP contribution in [0.2, 0.25) is 0 Å². The molecule has 0 spiro atoms. The van der Waals surface area contributed by atoms with Gasteiger partial charge in [0.1, 0.15) is 13.2 Å². The molecular weight excluding hydrogens is 372 g/mol. The molecule has 0 amide bonds. The third-order valence-electron chi connectivity index (χ3n) is 5.73. The number of unbranched alkanes of at least 4 members (excludes halogenated alkanes) is 1. The van der Waals surface area contributed by atoms with E-state index < -0.39 is 0 Å². The van der Waals surface area contributed by atoms with Gasteiger partial charge in [0.05, 0.1) is 6.10 Å². The Morgan fingerprint density at radius 3 is 2.38 bits per heavy atom. The van der Waals surface area contributed by atoms with Gasteiger partial charge in [-0.1, -0.05) is 51.1 Å². The Labute approximate surface area is 173 Å². The molecule has 1 saturated heterocycles. The molecule has 1 aliphatic heterocycles. The van der Waals surface area contributed by atoms with Crippen molar-refractivity contribution >= 4 is 11.9 Å². The van der Waals surface area contributed by atoms with Crippen molar-refractivity contribution in [2.45, 2.75) is 66.0 Å². The van der Waals surface area contributed by atoms with E-state index in [0.29, 0.717) is 32.0 Å². The third kappa shape index (κ3) is 7.78. The Morgan fingerprint density at radius 1 is 0.966 bits per heavy atom. The molecule has 6 nitrogen and oxygen atoms in total. The molecule has 1 aromatic carbocycles. The minimum Gasteiger partial charge on any atom is -0.463 e. The summed E-state index contributed by atoms with van der Waals surface area (Å²) < 4.78 is 22.4. The lowest BCUT2D eigenvalue weighted by Gasteiger charge is -2.43. The van der Waals surface area contributed by atoms with Gasteiger partial charge in [0, 0.05) is 25.9 Å². The predicted molar refractivity (Wildman–Crippen MR) is 109 cm³/mol. The lowest BCUT2D eigenvalue weighted by atomic mass is 9.79. The summed E-state index contributed by atoms with van der Waals surface area (Å²) in [5, 5.41) is 0. The highest BCUT2D eigenvalue weighted by Crippen LogP contribution is 2.35. The van der Waals surface area contributed by atoms with Gasteiger partial charge in [-0.3, -0.25) is 9.59 Å². The summed E-state index contributed by atoms with van der Waals surface area (Å²) in [4.78, 5) is 23.0. The summed E-state index contributed by atoms with van der Waals surface area (Å²) in [6.07, 6.45) is 1.35. The molecule has 1 heterocycles. The van der Waals surface area contributed by atoms with Crippen LogP contribution in [0, 0.1) is 17.8 Å². The highest BCUT2D eigenvalue weighted by Gasteiger charge is 2.40. The molecule has 162 valence electrons. The molecule has 1 aromatic rings. The largest absolute Gasteiger partial charge is 0.463 e. The molecule has 0 N–H and O–H groups in total. The Kier molecular flexibility index (Phi) is 9.61. The summed E-state index contributed by atoms with van der Waals surface area (Å²) in [6, 6.07) is 9.65. The van der Waals surface area contributed by atoms with Crippen LogP contribution in [0.5, 0.6) is 0 Å². The Morgan fingerprint density at radius 2 is 1.69 bits per heavy atom. The lowest BCUT2D eigenvalue weighted by Crippen LogP contribution is -2.47. The number of carbonyl (C=O) groups is 2. The molecule has 6 heteroatoms. The fraction of sp³-hybridized carbons (Fsp3) is 0.652. The molecule has 1 fully saturated rings. The molecule has 2 unspecified atom stereocenters. The molecule has 0 bridgehead atoms. The number of benzene rings is 1. The van der Waals surface area contributed by atoms with Gasteiger partial charge in [-0.15, -0.1) is 0 Å². The first-order valence-electron chi connectivity index (χ1n) is 10.5. The summed E-state index contributed by atoms with van der Waals surface area (Å²) in [5.41, 5.74) is 0.985. The van der Waals surface area contributed by atoms with Crippen LogP contribution in [0.15, 0.2) is 30.3 Å². The van der Waals surface area contributed by atoms with Crippen molar-refractivity contribution < 1.29 is 28.5 Å². The maximum atomic E-state index is 11.9. The Balaban J connectivity index is 1.65. The molecule has 0 aromatic heterocycles. The van der Waals surface area contributed by atoms with Crippen molar-refractivity contribution in [3.05, 3.63) is 35.9 Å². The van der Waals surface area contributed by atoms with E-state index in [1.54, 1.807) is 0 Å². The Hall–Kier alpha value is -1.92. The highest BCUT2D eigenvalue weighted by molar-refractivity contribution is 5.69. The average Bonchev–Trinajstić information content (AvgIpc) is 2.71. The van der Waals surface area contributed by atoms with Crippen LogP contribution in [0.25, 0.3) is 0 Å². The first-order chi connectivity index (χ1) is 13.9. The van der Waals surface area contributed by atoms with Crippen LogP contribution >= 0.6 is 0 Å². The first kappa shape index (κ1) is 23.4. The fourth-order valence-electron chi connectivity index (χ4n) is 3.45. The van der Waals surface area contributed by atoms with E-state index in [4.69, 9.17) is 18.9 Å². The van der Waals surface area contributed by atoms with Crippen LogP contribution in [0.1, 0.15) is 52.5 Å². The zero-order valence-electron chi connectivity index (χ0n) is 18.0. The van der Waals surface area contributed by atoms with Crippen molar-refractivity contribution in [3.8, 4) is 0 Å². The van der Waals surface area contributed by atoms with E-state index >= 15 is 0 Å². The SMILES string of the molecule is CC(=O)OCC1O[C@@H](OCCCCC(=O)OCc2ccccc2)[C@@H](C)C(C)[C@H]1C. The maximum Gasteiger partial charge on any atom is 0.306 e. The topological polar surface area (TPSA) is 71.1 Å². The summed E-state index contributed by atoms with van der Waals surface area (Å²) in [5.74, 6) is 0.420. The van der Waals surface area contributed by atoms with Gasteiger partial charge in [-0.25, -0.2) is 0 Å². The number of hydrogen-bond acceptors (Lipinski definition) is 6. The summed E-state index contributed by atoms with van der Waals surface area (Å²) in [7, 11) is 0. The predicted octanol–water partition coefficient (Wildman–Crippen LogP) is 4.11. The smallest absolute Gasteiger partial charge is 0.306 e. The average molecular weight is 407 g/mol. The number of ether oxygens (including phenoxy) is 4. The number of carbonyl (C=O) groups excluding carboxylic acids is 2. The van der Waals surface area contributed by atoms with Crippen LogP contribution < -0.4 is 0 Å². The number of rotatable bonds is 10. The van der Waals surface area contributed by atoms with E-state index in [1.165, 1.54) is 6.92 Å². The van der Waals surface area contributed by atoms with E-state index in [9.17, 15) is 9.59 Å². The van der Waals surface area contributed by atoms with Gasteiger partial charge in [-0.2, -0.15) is 0 Å². The van der Waals surface area contributed by atoms with Gasteiger partial charge in [-0.05, 0) is 30.2 Å². The van der Waals surface area contributed by atoms with Crippen LogP contribution in [0.4, 0.5) is 0 Å². The summed E-state index contributed by atoms with van der Waals surface area (Å²) in [6.45, 7) is 8.89. The zero-order valence-corrected chi connectivity index (χ0v) is 18.0. The van der Waals surface area contributed by atoms with Crippen molar-refractivity contribution in [1.82, 2.24) is 0 Å².